The summed E-state index contributed by atoms with van der Waals surface area (Å²) in [5.41, 5.74) is 0. The Labute approximate surface area is 106 Å². The first kappa shape index (κ1) is 11.8. The maximum Gasteiger partial charge on any atom is 0.309 e. The first-order valence-corrected chi connectivity index (χ1v) is 6.66. The normalized spacial score (nSPS) is 30.3. The lowest BCUT2D eigenvalue weighted by Crippen LogP contribution is -2.14. The Balaban J connectivity index is 1.38. The molecule has 1 aromatic heterocycles. The minimum absolute atomic E-state index is 0.000599. The lowest BCUT2D eigenvalue weighted by Gasteiger charge is -2.09. The second kappa shape index (κ2) is 5.14. The topological polar surface area (TPSA) is 48.7 Å². The summed E-state index contributed by atoms with van der Waals surface area (Å²) < 4.78 is 16.1. The van der Waals surface area contributed by atoms with Gasteiger partial charge >= 0.3 is 5.97 Å². The number of ether oxygens (including phenoxy) is 2. The summed E-state index contributed by atoms with van der Waals surface area (Å²) in [6.45, 7) is 1.33. The minimum atomic E-state index is -0.0885. The van der Waals surface area contributed by atoms with Gasteiger partial charge in [0.1, 0.15) is 5.76 Å². The molecular formula is C14H18O4. The van der Waals surface area contributed by atoms with Crippen LogP contribution in [-0.4, -0.2) is 25.3 Å². The van der Waals surface area contributed by atoms with Crippen LogP contribution in [0.1, 0.15) is 37.4 Å². The number of carbonyl (C=O) groups is 1. The van der Waals surface area contributed by atoms with Crippen LogP contribution < -0.4 is 0 Å². The first-order valence-electron chi connectivity index (χ1n) is 6.66. The largest absolute Gasteiger partial charge is 0.469 e. The van der Waals surface area contributed by atoms with Crippen LogP contribution in [0.2, 0.25) is 0 Å². The highest BCUT2D eigenvalue weighted by Crippen LogP contribution is 2.48. The van der Waals surface area contributed by atoms with Crippen LogP contribution in [0.5, 0.6) is 0 Å². The van der Waals surface area contributed by atoms with Crippen LogP contribution in [0.4, 0.5) is 0 Å². The Morgan fingerprint density at radius 2 is 2.44 bits per heavy atom. The Morgan fingerprint density at radius 3 is 3.17 bits per heavy atom. The van der Waals surface area contributed by atoms with Gasteiger partial charge in [0.25, 0.3) is 0 Å². The molecule has 2 fully saturated rings. The van der Waals surface area contributed by atoms with Crippen molar-refractivity contribution in [2.45, 2.75) is 37.7 Å². The lowest BCUT2D eigenvalue weighted by atomic mass is 10.2. The average molecular weight is 250 g/mol. The van der Waals surface area contributed by atoms with Crippen molar-refractivity contribution in [1.29, 1.82) is 0 Å². The van der Waals surface area contributed by atoms with E-state index in [1.54, 1.807) is 6.26 Å². The number of furan rings is 1. The van der Waals surface area contributed by atoms with Crippen molar-refractivity contribution in [3.63, 3.8) is 0 Å². The molecule has 0 spiro atoms. The van der Waals surface area contributed by atoms with Gasteiger partial charge in [0, 0.05) is 18.9 Å². The molecule has 1 aromatic rings. The molecule has 4 heteroatoms. The smallest absolute Gasteiger partial charge is 0.309 e. The molecule has 3 atom stereocenters. The van der Waals surface area contributed by atoms with Gasteiger partial charge in [-0.15, -0.1) is 0 Å². The van der Waals surface area contributed by atoms with E-state index in [4.69, 9.17) is 13.9 Å². The van der Waals surface area contributed by atoms with Gasteiger partial charge in [-0.25, -0.2) is 0 Å². The SMILES string of the molecule is O=C(OCC[C@@H]1CCCO1)[C@H]1C[C@@H]1c1ccco1. The van der Waals surface area contributed by atoms with Crippen molar-refractivity contribution < 1.29 is 18.7 Å². The summed E-state index contributed by atoms with van der Waals surface area (Å²) in [6, 6.07) is 3.78. The number of rotatable bonds is 5. The first-order chi connectivity index (χ1) is 8.84. The third kappa shape index (κ3) is 2.58. The molecule has 18 heavy (non-hydrogen) atoms. The Morgan fingerprint density at radius 1 is 1.50 bits per heavy atom. The second-order valence-corrected chi connectivity index (χ2v) is 5.06. The average Bonchev–Trinajstić information content (AvgIpc) is 2.84. The maximum absolute atomic E-state index is 11.8. The highest BCUT2D eigenvalue weighted by Gasteiger charge is 2.47. The van der Waals surface area contributed by atoms with Crippen LogP contribution in [0.25, 0.3) is 0 Å². The summed E-state index contributed by atoms with van der Waals surface area (Å²) in [7, 11) is 0. The van der Waals surface area contributed by atoms with Gasteiger partial charge in [-0.05, 0) is 31.4 Å². The zero-order valence-electron chi connectivity index (χ0n) is 10.3. The van der Waals surface area contributed by atoms with Gasteiger partial charge in [0.2, 0.25) is 0 Å². The molecule has 98 valence electrons. The third-order valence-electron chi connectivity index (χ3n) is 3.71. The van der Waals surface area contributed by atoms with Gasteiger partial charge in [0.05, 0.1) is 24.9 Å². The van der Waals surface area contributed by atoms with Crippen LogP contribution in [0, 0.1) is 5.92 Å². The molecule has 1 aliphatic heterocycles. The van der Waals surface area contributed by atoms with E-state index in [0.29, 0.717) is 6.61 Å². The summed E-state index contributed by atoms with van der Waals surface area (Å²) >= 11 is 0. The molecule has 0 aromatic carbocycles. The zero-order valence-corrected chi connectivity index (χ0v) is 10.3. The Hall–Kier alpha value is -1.29. The molecule has 0 unspecified atom stereocenters. The predicted molar refractivity (Wildman–Crippen MR) is 64.1 cm³/mol. The molecule has 0 amide bonds. The van der Waals surface area contributed by atoms with E-state index in [1.165, 1.54) is 0 Å². The number of hydrogen-bond acceptors (Lipinski definition) is 4. The molecule has 3 rings (SSSR count). The lowest BCUT2D eigenvalue weighted by molar-refractivity contribution is -0.146. The van der Waals surface area contributed by atoms with Gasteiger partial charge in [-0.3, -0.25) is 4.79 Å². The minimum Gasteiger partial charge on any atom is -0.469 e. The van der Waals surface area contributed by atoms with Crippen molar-refractivity contribution in [3.8, 4) is 0 Å². The van der Waals surface area contributed by atoms with Crippen molar-refractivity contribution in [2.75, 3.05) is 13.2 Å². The predicted octanol–water partition coefficient (Wildman–Crippen LogP) is 2.50. The fraction of sp³-hybridized carbons (Fsp3) is 0.643. The van der Waals surface area contributed by atoms with Gasteiger partial charge in [-0.1, -0.05) is 0 Å². The van der Waals surface area contributed by atoms with E-state index in [9.17, 15) is 4.79 Å². The van der Waals surface area contributed by atoms with Crippen molar-refractivity contribution >= 4 is 5.97 Å². The summed E-state index contributed by atoms with van der Waals surface area (Å²) in [4.78, 5) is 11.8. The van der Waals surface area contributed by atoms with E-state index in [-0.39, 0.29) is 23.9 Å². The molecule has 2 heterocycles. The Kier molecular flexibility index (Phi) is 3.37. The van der Waals surface area contributed by atoms with Crippen molar-refractivity contribution in [2.24, 2.45) is 5.92 Å². The van der Waals surface area contributed by atoms with Crippen LogP contribution in [-0.2, 0) is 14.3 Å². The fourth-order valence-corrected chi connectivity index (χ4v) is 2.54. The molecule has 1 aliphatic carbocycles. The fourth-order valence-electron chi connectivity index (χ4n) is 2.54. The van der Waals surface area contributed by atoms with Gasteiger partial charge < -0.3 is 13.9 Å². The zero-order chi connectivity index (χ0) is 12.4. The summed E-state index contributed by atoms with van der Waals surface area (Å²) in [5.74, 6) is 1.04. The van der Waals surface area contributed by atoms with Crippen molar-refractivity contribution in [1.82, 2.24) is 0 Å². The van der Waals surface area contributed by atoms with Crippen LogP contribution >= 0.6 is 0 Å². The highest BCUT2D eigenvalue weighted by atomic mass is 16.5. The number of esters is 1. The molecule has 0 N–H and O–H groups in total. The molecule has 1 saturated carbocycles. The van der Waals surface area contributed by atoms with Gasteiger partial charge in [-0.2, -0.15) is 0 Å². The maximum atomic E-state index is 11.8. The molecule has 4 nitrogen and oxygen atoms in total. The van der Waals surface area contributed by atoms with Gasteiger partial charge in [0.15, 0.2) is 0 Å². The molecule has 0 bridgehead atoms. The van der Waals surface area contributed by atoms with E-state index in [1.807, 2.05) is 12.1 Å². The summed E-state index contributed by atoms with van der Waals surface area (Å²) in [6.07, 6.45) is 5.83. The molecule has 0 radical (unpaired) electrons. The third-order valence-corrected chi connectivity index (χ3v) is 3.71. The second-order valence-electron chi connectivity index (χ2n) is 5.06. The molecule has 1 saturated heterocycles. The van der Waals surface area contributed by atoms with E-state index in [2.05, 4.69) is 0 Å². The standard InChI is InChI=1S/C14H18O4/c15-14(18-8-5-10-3-1-6-16-10)12-9-11(12)13-4-2-7-17-13/h2,4,7,10-12H,1,3,5-6,8-9H2/t10-,11-,12-/m0/s1. The number of carbonyl (C=O) groups excluding carboxylic acids is 1. The van der Waals surface area contributed by atoms with Crippen LogP contribution in [0.15, 0.2) is 22.8 Å². The highest BCUT2D eigenvalue weighted by molar-refractivity contribution is 5.77. The van der Waals surface area contributed by atoms with Crippen LogP contribution in [0.3, 0.4) is 0 Å². The monoisotopic (exact) mass is 250 g/mol. The van der Waals surface area contributed by atoms with E-state index >= 15 is 0 Å². The molecule has 2 aliphatic rings. The summed E-state index contributed by atoms with van der Waals surface area (Å²) in [5, 5.41) is 0. The molecular weight excluding hydrogens is 232 g/mol. The quantitative estimate of drug-likeness (QED) is 0.753. The van der Waals surface area contributed by atoms with E-state index in [0.717, 1.165) is 38.1 Å². The van der Waals surface area contributed by atoms with Crippen molar-refractivity contribution in [3.05, 3.63) is 24.2 Å². The number of hydrogen-bond donors (Lipinski definition) is 0. The Bertz CT molecular complexity index is 392. The van der Waals surface area contributed by atoms with E-state index < -0.39 is 0 Å².